The Bertz CT molecular complexity index is 1010. The molecule has 4 rings (SSSR count). The molecule has 0 radical (unpaired) electrons. The molecule has 1 amide bonds. The first kappa shape index (κ1) is 19.2. The molecule has 3 aromatic rings. The van der Waals surface area contributed by atoms with E-state index in [2.05, 4.69) is 29.6 Å². The lowest BCUT2D eigenvalue weighted by Crippen LogP contribution is -2.26. The second-order valence-electron chi connectivity index (χ2n) is 6.74. The Balaban J connectivity index is 1.35. The van der Waals surface area contributed by atoms with Crippen molar-refractivity contribution in [2.75, 3.05) is 13.2 Å². The van der Waals surface area contributed by atoms with Crippen molar-refractivity contribution < 1.29 is 13.9 Å². The predicted octanol–water partition coefficient (Wildman–Crippen LogP) is 6.03. The lowest BCUT2D eigenvalue weighted by Gasteiger charge is -2.14. The maximum absolute atomic E-state index is 13.7. The highest BCUT2D eigenvalue weighted by atomic mass is 35.5. The number of rotatable bonds is 5. The van der Waals surface area contributed by atoms with Crippen molar-refractivity contribution in [1.29, 1.82) is 0 Å². The SMILES string of the molecule is O=C(NCC=Cc1c(F)cccc1Cl)OCC1c2ccccc2-c2ccccc21. The van der Waals surface area contributed by atoms with Gasteiger partial charge in [0.25, 0.3) is 0 Å². The van der Waals surface area contributed by atoms with Crippen LogP contribution in [0.25, 0.3) is 17.2 Å². The van der Waals surface area contributed by atoms with Crippen LogP contribution >= 0.6 is 11.6 Å². The van der Waals surface area contributed by atoms with E-state index in [0.29, 0.717) is 10.6 Å². The second kappa shape index (κ2) is 8.50. The fourth-order valence-electron chi connectivity index (χ4n) is 3.64. The topological polar surface area (TPSA) is 38.3 Å². The molecule has 0 saturated heterocycles. The number of halogens is 2. The molecule has 1 aliphatic rings. The van der Waals surface area contributed by atoms with Crippen LogP contribution in [0.2, 0.25) is 5.02 Å². The number of hydrogen-bond acceptors (Lipinski definition) is 2. The zero-order valence-electron chi connectivity index (χ0n) is 15.6. The number of carbonyl (C=O) groups excluding carboxylic acids is 1. The van der Waals surface area contributed by atoms with Gasteiger partial charge in [-0.05, 0) is 34.4 Å². The molecule has 0 spiro atoms. The van der Waals surface area contributed by atoms with Gasteiger partial charge in [0, 0.05) is 18.0 Å². The highest BCUT2D eigenvalue weighted by Crippen LogP contribution is 2.44. The minimum absolute atomic E-state index is 0.0147. The van der Waals surface area contributed by atoms with Crippen molar-refractivity contribution in [3.63, 3.8) is 0 Å². The summed E-state index contributed by atoms with van der Waals surface area (Å²) >= 11 is 5.97. The first-order valence-corrected chi connectivity index (χ1v) is 9.72. The molecular weight excluding hydrogens is 389 g/mol. The lowest BCUT2D eigenvalue weighted by molar-refractivity contribution is 0.144. The van der Waals surface area contributed by atoms with Crippen molar-refractivity contribution in [3.8, 4) is 11.1 Å². The van der Waals surface area contributed by atoms with Crippen LogP contribution in [0.1, 0.15) is 22.6 Å². The van der Waals surface area contributed by atoms with Crippen LogP contribution < -0.4 is 5.32 Å². The Morgan fingerprint density at radius 1 is 1.00 bits per heavy atom. The van der Waals surface area contributed by atoms with E-state index in [1.165, 1.54) is 17.2 Å². The highest BCUT2D eigenvalue weighted by Gasteiger charge is 2.28. The summed E-state index contributed by atoms with van der Waals surface area (Å²) in [5.74, 6) is -0.393. The summed E-state index contributed by atoms with van der Waals surface area (Å²) < 4.78 is 19.2. The summed E-state index contributed by atoms with van der Waals surface area (Å²) in [6.45, 7) is 0.462. The summed E-state index contributed by atoms with van der Waals surface area (Å²) in [7, 11) is 0. The molecule has 0 aromatic heterocycles. The van der Waals surface area contributed by atoms with Gasteiger partial charge in [-0.2, -0.15) is 0 Å². The van der Waals surface area contributed by atoms with E-state index in [1.807, 2.05) is 24.3 Å². The fourth-order valence-corrected chi connectivity index (χ4v) is 3.86. The van der Waals surface area contributed by atoms with Gasteiger partial charge in [0.15, 0.2) is 0 Å². The smallest absolute Gasteiger partial charge is 0.407 e. The van der Waals surface area contributed by atoms with E-state index < -0.39 is 11.9 Å². The lowest BCUT2D eigenvalue weighted by atomic mass is 9.98. The van der Waals surface area contributed by atoms with Gasteiger partial charge >= 0.3 is 6.09 Å². The van der Waals surface area contributed by atoms with E-state index in [0.717, 1.165) is 11.1 Å². The number of fused-ring (bicyclic) bond motifs is 3. The van der Waals surface area contributed by atoms with Gasteiger partial charge < -0.3 is 10.1 Å². The minimum Gasteiger partial charge on any atom is -0.449 e. The Kier molecular flexibility index (Phi) is 5.63. The zero-order chi connectivity index (χ0) is 20.2. The van der Waals surface area contributed by atoms with Crippen LogP contribution in [0.5, 0.6) is 0 Å². The van der Waals surface area contributed by atoms with E-state index in [9.17, 15) is 9.18 Å². The molecular formula is C24H19ClFNO2. The summed E-state index contributed by atoms with van der Waals surface area (Å²) in [6, 6.07) is 20.8. The van der Waals surface area contributed by atoms with E-state index in [4.69, 9.17) is 16.3 Å². The average Bonchev–Trinajstić information content (AvgIpc) is 3.05. The van der Waals surface area contributed by atoms with Crippen LogP contribution in [0, 0.1) is 5.82 Å². The Hall–Kier alpha value is -3.11. The number of hydrogen-bond donors (Lipinski definition) is 1. The molecule has 1 aliphatic carbocycles. The molecule has 0 saturated carbocycles. The molecule has 1 N–H and O–H groups in total. The summed E-state index contributed by atoms with van der Waals surface area (Å²) in [6.07, 6.45) is 2.66. The number of alkyl carbamates (subject to hydrolysis) is 1. The molecule has 3 aromatic carbocycles. The number of amides is 1. The van der Waals surface area contributed by atoms with Crippen molar-refractivity contribution in [2.45, 2.75) is 5.92 Å². The zero-order valence-corrected chi connectivity index (χ0v) is 16.3. The van der Waals surface area contributed by atoms with E-state index in [-0.39, 0.29) is 19.1 Å². The molecule has 5 heteroatoms. The van der Waals surface area contributed by atoms with Gasteiger partial charge in [0.1, 0.15) is 12.4 Å². The third-order valence-electron chi connectivity index (χ3n) is 4.99. The Labute approximate surface area is 173 Å². The van der Waals surface area contributed by atoms with Gasteiger partial charge in [0.05, 0.1) is 5.02 Å². The highest BCUT2D eigenvalue weighted by molar-refractivity contribution is 6.32. The number of nitrogens with one attached hydrogen (secondary N) is 1. The maximum atomic E-state index is 13.7. The van der Waals surface area contributed by atoms with Crippen molar-refractivity contribution in [1.82, 2.24) is 5.32 Å². The molecule has 0 aliphatic heterocycles. The van der Waals surface area contributed by atoms with Gasteiger partial charge in [0.2, 0.25) is 0 Å². The largest absolute Gasteiger partial charge is 0.449 e. The monoisotopic (exact) mass is 407 g/mol. The van der Waals surface area contributed by atoms with Gasteiger partial charge in [-0.1, -0.05) is 78.4 Å². The standard InChI is InChI=1S/C24H19ClFNO2/c25-22-12-5-13-23(26)20(22)11-6-14-27-24(28)29-15-21-18-9-3-1-7-16(18)17-8-2-4-10-19(17)21/h1-13,21H,14-15H2,(H,27,28). The molecule has 0 unspecified atom stereocenters. The first-order valence-electron chi connectivity index (χ1n) is 9.34. The third-order valence-corrected chi connectivity index (χ3v) is 5.32. The second-order valence-corrected chi connectivity index (χ2v) is 7.15. The van der Waals surface area contributed by atoms with Crippen LogP contribution in [-0.2, 0) is 4.74 Å². The summed E-state index contributed by atoms with van der Waals surface area (Å²) in [5, 5.41) is 2.97. The Morgan fingerprint density at radius 3 is 2.31 bits per heavy atom. The molecule has 146 valence electrons. The minimum atomic E-state index is -0.517. The molecule has 0 atom stereocenters. The van der Waals surface area contributed by atoms with Crippen LogP contribution in [0.15, 0.2) is 72.8 Å². The van der Waals surface area contributed by atoms with Gasteiger partial charge in [-0.3, -0.25) is 0 Å². The third kappa shape index (κ3) is 4.03. The van der Waals surface area contributed by atoms with E-state index >= 15 is 0 Å². The van der Waals surface area contributed by atoms with Crippen LogP contribution in [0.4, 0.5) is 9.18 Å². The molecule has 0 heterocycles. The molecule has 3 nitrogen and oxygen atoms in total. The number of benzene rings is 3. The predicted molar refractivity (Wildman–Crippen MR) is 114 cm³/mol. The average molecular weight is 408 g/mol. The number of ether oxygens (including phenoxy) is 1. The van der Waals surface area contributed by atoms with Crippen LogP contribution in [-0.4, -0.2) is 19.2 Å². The molecule has 0 bridgehead atoms. The van der Waals surface area contributed by atoms with Crippen molar-refractivity contribution >= 4 is 23.8 Å². The fraction of sp³-hybridized carbons (Fsp3) is 0.125. The van der Waals surface area contributed by atoms with Gasteiger partial charge in [-0.25, -0.2) is 9.18 Å². The van der Waals surface area contributed by atoms with Crippen LogP contribution in [0.3, 0.4) is 0 Å². The molecule has 0 fully saturated rings. The Morgan fingerprint density at radius 2 is 1.66 bits per heavy atom. The maximum Gasteiger partial charge on any atom is 0.407 e. The quantitative estimate of drug-likeness (QED) is 0.560. The van der Waals surface area contributed by atoms with E-state index in [1.54, 1.807) is 24.3 Å². The molecule has 29 heavy (non-hydrogen) atoms. The summed E-state index contributed by atoms with van der Waals surface area (Å²) in [4.78, 5) is 12.1. The first-order chi connectivity index (χ1) is 14.1. The van der Waals surface area contributed by atoms with Gasteiger partial charge in [-0.15, -0.1) is 0 Å². The van der Waals surface area contributed by atoms with Crippen molar-refractivity contribution in [2.24, 2.45) is 0 Å². The summed E-state index contributed by atoms with van der Waals surface area (Å²) in [5.41, 5.74) is 4.98. The number of carbonyl (C=O) groups is 1. The van der Waals surface area contributed by atoms with Crippen molar-refractivity contribution in [3.05, 3.63) is 100 Å². The normalized spacial score (nSPS) is 12.6.